The van der Waals surface area contributed by atoms with E-state index in [4.69, 9.17) is 0 Å². The summed E-state index contributed by atoms with van der Waals surface area (Å²) in [6.45, 7) is 4.63. The van der Waals surface area contributed by atoms with Crippen LogP contribution in [0.2, 0.25) is 0 Å². The largest absolute Gasteiger partial charge is 0.347 e. The molecule has 2 aromatic rings. The van der Waals surface area contributed by atoms with E-state index in [0.29, 0.717) is 18.0 Å². The lowest BCUT2D eigenvalue weighted by molar-refractivity contribution is 0.0218. The minimum atomic E-state index is 0.0884. The molecule has 2 atom stereocenters. The fraction of sp³-hybridized carbons (Fsp3) is 0.421. The Morgan fingerprint density at radius 3 is 2.62 bits per heavy atom. The van der Waals surface area contributed by atoms with Gasteiger partial charge in [-0.15, -0.1) is 11.3 Å². The number of fused-ring (bicyclic) bond motifs is 3. The van der Waals surface area contributed by atoms with Crippen molar-refractivity contribution in [2.24, 2.45) is 5.92 Å². The van der Waals surface area contributed by atoms with Crippen molar-refractivity contribution in [2.45, 2.75) is 41.0 Å². The Labute approximate surface area is 151 Å². The molecule has 3 saturated heterocycles. The molecule has 126 valence electrons. The number of amides is 1. The second kappa shape index (κ2) is 6.90. The van der Waals surface area contributed by atoms with E-state index in [1.54, 1.807) is 23.1 Å². The Morgan fingerprint density at radius 2 is 1.92 bits per heavy atom. The van der Waals surface area contributed by atoms with Crippen LogP contribution >= 0.6 is 23.1 Å². The van der Waals surface area contributed by atoms with Gasteiger partial charge in [-0.05, 0) is 63.0 Å². The lowest BCUT2D eigenvalue weighted by atomic mass is 9.79. The van der Waals surface area contributed by atoms with Gasteiger partial charge < -0.3 is 5.32 Å². The van der Waals surface area contributed by atoms with E-state index in [-0.39, 0.29) is 5.91 Å². The first-order valence-electron chi connectivity index (χ1n) is 8.58. The number of hydrogen-bond acceptors (Lipinski definition) is 4. The maximum atomic E-state index is 12.7. The SMILES string of the molecule is CC1C(NC(=O)c2ccc(Sc3ccccc3)s2)C2CCN1CC2. The highest BCUT2D eigenvalue weighted by atomic mass is 32.2. The highest BCUT2D eigenvalue weighted by molar-refractivity contribution is 8.01. The predicted octanol–water partition coefficient (Wildman–Crippen LogP) is 4.11. The monoisotopic (exact) mass is 358 g/mol. The smallest absolute Gasteiger partial charge is 0.261 e. The zero-order chi connectivity index (χ0) is 16.5. The van der Waals surface area contributed by atoms with Crippen LogP contribution < -0.4 is 5.32 Å². The van der Waals surface area contributed by atoms with Gasteiger partial charge >= 0.3 is 0 Å². The van der Waals surface area contributed by atoms with Gasteiger partial charge in [-0.2, -0.15) is 0 Å². The lowest BCUT2D eigenvalue weighted by Crippen LogP contribution is -2.62. The summed E-state index contributed by atoms with van der Waals surface area (Å²) in [4.78, 5) is 17.2. The van der Waals surface area contributed by atoms with Crippen LogP contribution in [0.15, 0.2) is 51.6 Å². The van der Waals surface area contributed by atoms with Crippen LogP contribution in [0.5, 0.6) is 0 Å². The third-order valence-electron chi connectivity index (χ3n) is 5.24. The molecule has 0 saturated carbocycles. The van der Waals surface area contributed by atoms with Gasteiger partial charge in [-0.25, -0.2) is 0 Å². The summed E-state index contributed by atoms with van der Waals surface area (Å²) in [7, 11) is 0. The van der Waals surface area contributed by atoms with E-state index in [1.807, 2.05) is 24.3 Å². The summed E-state index contributed by atoms with van der Waals surface area (Å²) >= 11 is 3.30. The number of thiophene rings is 1. The van der Waals surface area contributed by atoms with Crippen molar-refractivity contribution in [2.75, 3.05) is 13.1 Å². The molecule has 1 aromatic heterocycles. The van der Waals surface area contributed by atoms with Crippen molar-refractivity contribution >= 4 is 29.0 Å². The Morgan fingerprint density at radius 1 is 1.17 bits per heavy atom. The van der Waals surface area contributed by atoms with Crippen LogP contribution in [0.25, 0.3) is 0 Å². The molecular weight excluding hydrogens is 336 g/mol. The normalized spacial score (nSPS) is 28.7. The fourth-order valence-corrected chi connectivity index (χ4v) is 5.90. The van der Waals surface area contributed by atoms with Crippen LogP contribution in [0, 0.1) is 5.92 Å². The molecule has 1 aromatic carbocycles. The molecule has 0 spiro atoms. The van der Waals surface area contributed by atoms with E-state index in [0.717, 1.165) is 9.09 Å². The number of piperidine rings is 3. The zero-order valence-electron chi connectivity index (χ0n) is 13.8. The van der Waals surface area contributed by atoms with Gasteiger partial charge in [0.25, 0.3) is 5.91 Å². The molecule has 3 nitrogen and oxygen atoms in total. The van der Waals surface area contributed by atoms with Crippen molar-refractivity contribution < 1.29 is 4.79 Å². The van der Waals surface area contributed by atoms with Crippen molar-refractivity contribution in [1.82, 2.24) is 10.2 Å². The van der Waals surface area contributed by atoms with Crippen LogP contribution in [0.4, 0.5) is 0 Å². The summed E-state index contributed by atoms with van der Waals surface area (Å²) in [5, 5.41) is 3.31. The number of nitrogens with zero attached hydrogens (tertiary/aromatic N) is 1. The first-order valence-corrected chi connectivity index (χ1v) is 10.2. The lowest BCUT2D eigenvalue weighted by Gasteiger charge is -2.49. The minimum Gasteiger partial charge on any atom is -0.347 e. The molecule has 0 aliphatic carbocycles. The third kappa shape index (κ3) is 3.25. The Bertz CT molecular complexity index is 705. The molecule has 2 bridgehead atoms. The minimum absolute atomic E-state index is 0.0884. The number of carbonyl (C=O) groups is 1. The van der Waals surface area contributed by atoms with E-state index in [9.17, 15) is 4.79 Å². The summed E-state index contributed by atoms with van der Waals surface area (Å²) < 4.78 is 1.16. The molecule has 3 aliphatic heterocycles. The van der Waals surface area contributed by atoms with Gasteiger partial charge in [0, 0.05) is 17.0 Å². The van der Waals surface area contributed by atoms with E-state index in [1.165, 1.54) is 30.8 Å². The maximum Gasteiger partial charge on any atom is 0.261 e. The number of carbonyl (C=O) groups excluding carboxylic acids is 1. The zero-order valence-corrected chi connectivity index (χ0v) is 15.4. The standard InChI is InChI=1S/C19H22N2OS2/c1-13-18(14-9-11-21(13)12-10-14)20-19(22)16-7-8-17(24-16)23-15-5-3-2-4-6-15/h2-8,13-14,18H,9-12H2,1H3,(H,20,22). The molecule has 24 heavy (non-hydrogen) atoms. The summed E-state index contributed by atoms with van der Waals surface area (Å²) in [5.41, 5.74) is 0. The molecule has 1 N–H and O–H groups in total. The van der Waals surface area contributed by atoms with E-state index < -0.39 is 0 Å². The van der Waals surface area contributed by atoms with Crippen LogP contribution in [-0.2, 0) is 0 Å². The average Bonchev–Trinajstić information content (AvgIpc) is 3.08. The van der Waals surface area contributed by atoms with Crippen molar-refractivity contribution in [1.29, 1.82) is 0 Å². The fourth-order valence-electron chi connectivity index (χ4n) is 3.87. The van der Waals surface area contributed by atoms with Crippen LogP contribution in [-0.4, -0.2) is 36.0 Å². The molecule has 0 radical (unpaired) electrons. The molecule has 3 aliphatic rings. The van der Waals surface area contributed by atoms with Crippen molar-refractivity contribution in [3.8, 4) is 0 Å². The van der Waals surface area contributed by atoms with Gasteiger partial charge in [0.05, 0.1) is 9.09 Å². The van der Waals surface area contributed by atoms with Gasteiger partial charge in [-0.3, -0.25) is 9.69 Å². The molecule has 3 fully saturated rings. The van der Waals surface area contributed by atoms with Crippen molar-refractivity contribution in [3.05, 3.63) is 47.3 Å². The quantitative estimate of drug-likeness (QED) is 0.893. The Kier molecular flexibility index (Phi) is 4.66. The second-order valence-corrected chi connectivity index (χ2v) is 9.10. The van der Waals surface area contributed by atoms with E-state index in [2.05, 4.69) is 35.3 Å². The number of rotatable bonds is 4. The first-order chi connectivity index (χ1) is 11.7. The molecule has 5 heteroatoms. The second-order valence-electron chi connectivity index (χ2n) is 6.65. The van der Waals surface area contributed by atoms with Gasteiger partial charge in [0.15, 0.2) is 0 Å². The van der Waals surface area contributed by atoms with Crippen LogP contribution in [0.3, 0.4) is 0 Å². The van der Waals surface area contributed by atoms with Crippen molar-refractivity contribution in [3.63, 3.8) is 0 Å². The van der Waals surface area contributed by atoms with Gasteiger partial charge in [-0.1, -0.05) is 30.0 Å². The molecule has 2 unspecified atom stereocenters. The van der Waals surface area contributed by atoms with Gasteiger partial charge in [0.2, 0.25) is 0 Å². The molecular formula is C19H22N2OS2. The van der Waals surface area contributed by atoms with Gasteiger partial charge in [0.1, 0.15) is 0 Å². The number of hydrogen-bond donors (Lipinski definition) is 1. The molecule has 5 rings (SSSR count). The van der Waals surface area contributed by atoms with Crippen LogP contribution in [0.1, 0.15) is 29.4 Å². The maximum absolute atomic E-state index is 12.7. The summed E-state index contributed by atoms with van der Waals surface area (Å²) in [6, 6.07) is 15.1. The average molecular weight is 359 g/mol. The molecule has 1 amide bonds. The highest BCUT2D eigenvalue weighted by Crippen LogP contribution is 2.35. The third-order valence-corrected chi connectivity index (χ3v) is 7.47. The Hall–Kier alpha value is -1.30. The van der Waals surface area contributed by atoms with E-state index >= 15 is 0 Å². The Balaban J connectivity index is 1.42. The topological polar surface area (TPSA) is 32.3 Å². The first kappa shape index (κ1) is 16.2. The highest BCUT2D eigenvalue weighted by Gasteiger charge is 2.40. The summed E-state index contributed by atoms with van der Waals surface area (Å²) in [5.74, 6) is 0.734. The predicted molar refractivity (Wildman–Crippen MR) is 99.9 cm³/mol. The summed E-state index contributed by atoms with van der Waals surface area (Å²) in [6.07, 6.45) is 2.43. The number of benzene rings is 1. The number of nitrogens with one attached hydrogen (secondary N) is 1. The molecule has 4 heterocycles.